The minimum Gasteiger partial charge on any atom is -0.371 e. The van der Waals surface area contributed by atoms with Gasteiger partial charge in [0, 0.05) is 41.1 Å². The molecule has 0 radical (unpaired) electrons. The minimum atomic E-state index is -2.56. The summed E-state index contributed by atoms with van der Waals surface area (Å²) in [5.41, 5.74) is 7.20. The van der Waals surface area contributed by atoms with E-state index in [2.05, 4.69) is 28.2 Å². The molecule has 2 heterocycles. The second-order valence-electron chi connectivity index (χ2n) is 10.2. The van der Waals surface area contributed by atoms with Crippen LogP contribution in [0.3, 0.4) is 0 Å². The van der Waals surface area contributed by atoms with Gasteiger partial charge in [0.2, 0.25) is 0 Å². The van der Waals surface area contributed by atoms with Gasteiger partial charge in [-0.05, 0) is 100 Å². The molecule has 0 unspecified atom stereocenters. The van der Waals surface area contributed by atoms with Crippen molar-refractivity contribution in [1.82, 2.24) is 9.97 Å². The van der Waals surface area contributed by atoms with Crippen molar-refractivity contribution in [2.75, 3.05) is 28.6 Å². The summed E-state index contributed by atoms with van der Waals surface area (Å²) < 4.78 is 27.3. The van der Waals surface area contributed by atoms with Crippen LogP contribution in [-0.2, 0) is 12.8 Å². The van der Waals surface area contributed by atoms with Crippen LogP contribution in [0.15, 0.2) is 36.5 Å². The molecule has 3 aromatic rings. The smallest absolute Gasteiger partial charge is 0.263 e. The first-order valence-corrected chi connectivity index (χ1v) is 13.0. The van der Waals surface area contributed by atoms with E-state index >= 15 is 0 Å². The number of fused-ring (bicyclic) bond motifs is 3. The highest BCUT2D eigenvalue weighted by Crippen LogP contribution is 2.40. The Bertz CT molecular complexity index is 1300. The van der Waals surface area contributed by atoms with E-state index < -0.39 is 6.43 Å². The highest BCUT2D eigenvalue weighted by molar-refractivity contribution is 5.96. The third-order valence-corrected chi connectivity index (χ3v) is 7.29. The van der Waals surface area contributed by atoms with Crippen molar-refractivity contribution in [3.05, 3.63) is 64.6 Å². The Kier molecular flexibility index (Phi) is 6.82. The average Bonchev–Trinajstić information content (AvgIpc) is 3.34. The highest BCUT2D eigenvalue weighted by Gasteiger charge is 2.25. The van der Waals surface area contributed by atoms with Crippen molar-refractivity contribution in [2.45, 2.75) is 71.8 Å². The van der Waals surface area contributed by atoms with Crippen molar-refractivity contribution < 1.29 is 8.78 Å². The molecule has 2 aliphatic rings. The van der Waals surface area contributed by atoms with Gasteiger partial charge in [-0.25, -0.2) is 18.7 Å². The number of anilines is 3. The van der Waals surface area contributed by atoms with E-state index in [1.165, 1.54) is 42.1 Å². The number of hydrogen-bond acceptors (Lipinski definition) is 5. The van der Waals surface area contributed by atoms with Gasteiger partial charge < -0.3 is 15.5 Å². The Balaban J connectivity index is 1.56. The molecule has 1 saturated heterocycles. The molecule has 2 N–H and O–H groups in total. The van der Waals surface area contributed by atoms with Gasteiger partial charge in [-0.1, -0.05) is 6.58 Å². The maximum atomic E-state index is 13.7. The lowest BCUT2D eigenvalue weighted by Gasteiger charge is -2.31. The number of hydrogen-bond donors (Lipinski definition) is 2. The molecule has 1 aromatic heterocycles. The molecular weight excluding hydrogens is 456 g/mol. The number of allylic oxidation sites excluding steroid dienone is 1. The van der Waals surface area contributed by atoms with Gasteiger partial charge in [0.15, 0.2) is 0 Å². The molecule has 1 fully saturated rings. The SMILES string of the molecule is C=C(C)Nc1cc(C(F)F)cc([C@@H](C)Nc2nc(C)nc3c4c(c(N5CCCCC5)cc23)CCC4)c1. The highest BCUT2D eigenvalue weighted by atomic mass is 19.3. The van der Waals surface area contributed by atoms with Crippen LogP contribution in [0.2, 0.25) is 0 Å². The molecule has 1 aliphatic carbocycles. The third-order valence-electron chi connectivity index (χ3n) is 7.29. The first-order chi connectivity index (χ1) is 17.3. The van der Waals surface area contributed by atoms with Crippen LogP contribution >= 0.6 is 0 Å². The zero-order valence-corrected chi connectivity index (χ0v) is 21.4. The predicted molar refractivity (Wildman–Crippen MR) is 144 cm³/mol. The third kappa shape index (κ3) is 4.88. The van der Waals surface area contributed by atoms with Crippen molar-refractivity contribution in [3.8, 4) is 0 Å². The van der Waals surface area contributed by atoms with Crippen LogP contribution in [0.1, 0.15) is 80.1 Å². The molecular formula is C29H35F2N5. The van der Waals surface area contributed by atoms with E-state index in [0.717, 1.165) is 54.6 Å². The Morgan fingerprint density at radius 1 is 0.972 bits per heavy atom. The fourth-order valence-corrected chi connectivity index (χ4v) is 5.65. The summed E-state index contributed by atoms with van der Waals surface area (Å²) in [6.45, 7) is 11.7. The van der Waals surface area contributed by atoms with E-state index in [9.17, 15) is 8.78 Å². The van der Waals surface area contributed by atoms with Crippen LogP contribution in [-0.4, -0.2) is 23.1 Å². The lowest BCUT2D eigenvalue weighted by atomic mass is 10.00. The molecule has 36 heavy (non-hydrogen) atoms. The molecule has 0 saturated carbocycles. The lowest BCUT2D eigenvalue weighted by molar-refractivity contribution is 0.151. The van der Waals surface area contributed by atoms with Crippen LogP contribution in [0, 0.1) is 6.92 Å². The van der Waals surface area contributed by atoms with E-state index in [4.69, 9.17) is 9.97 Å². The summed E-state index contributed by atoms with van der Waals surface area (Å²) in [5.74, 6) is 1.47. The zero-order valence-electron chi connectivity index (χ0n) is 21.4. The number of halogens is 2. The lowest BCUT2D eigenvalue weighted by Crippen LogP contribution is -2.30. The molecule has 1 aliphatic heterocycles. The van der Waals surface area contributed by atoms with Gasteiger partial charge in [-0.3, -0.25) is 0 Å². The van der Waals surface area contributed by atoms with Crippen LogP contribution < -0.4 is 15.5 Å². The van der Waals surface area contributed by atoms with Crippen LogP contribution in [0.4, 0.5) is 26.0 Å². The standard InChI is InChI=1S/C29H35F2N5/c1-17(2)32-22-14-20(13-21(15-22)28(30)31)18(3)33-29-25-16-26(36-11-6-5-7-12-36)23-9-8-10-24(23)27(25)34-19(4)35-29/h13-16,18,28,32H,1,5-12H2,2-4H3,(H,33,34,35)/t18-/m1/s1. The topological polar surface area (TPSA) is 53.1 Å². The van der Waals surface area contributed by atoms with Crippen LogP contribution in [0.5, 0.6) is 0 Å². The van der Waals surface area contributed by atoms with Gasteiger partial charge in [-0.15, -0.1) is 0 Å². The maximum absolute atomic E-state index is 13.7. The fourth-order valence-electron chi connectivity index (χ4n) is 5.65. The van der Waals surface area contributed by atoms with Gasteiger partial charge in [0.1, 0.15) is 11.6 Å². The number of piperidine rings is 1. The summed E-state index contributed by atoms with van der Waals surface area (Å²) in [6.07, 6.45) is 4.46. The number of benzene rings is 2. The van der Waals surface area contributed by atoms with E-state index in [1.807, 2.05) is 26.8 Å². The largest absolute Gasteiger partial charge is 0.371 e. The van der Waals surface area contributed by atoms with Gasteiger partial charge >= 0.3 is 0 Å². The average molecular weight is 492 g/mol. The number of nitrogens with zero attached hydrogens (tertiary/aromatic N) is 3. The number of aryl methyl sites for hydroxylation is 2. The molecule has 0 bridgehead atoms. The quantitative estimate of drug-likeness (QED) is 0.359. The van der Waals surface area contributed by atoms with Crippen molar-refractivity contribution >= 4 is 28.1 Å². The van der Waals surface area contributed by atoms with Gasteiger partial charge in [-0.2, -0.15) is 0 Å². The van der Waals surface area contributed by atoms with E-state index in [1.54, 1.807) is 6.07 Å². The predicted octanol–water partition coefficient (Wildman–Crippen LogP) is 7.47. The van der Waals surface area contributed by atoms with E-state index in [0.29, 0.717) is 17.2 Å². The molecule has 0 spiro atoms. The fraction of sp³-hybridized carbons (Fsp3) is 0.448. The van der Waals surface area contributed by atoms with Crippen molar-refractivity contribution in [1.29, 1.82) is 0 Å². The molecule has 2 aromatic carbocycles. The second-order valence-corrected chi connectivity index (χ2v) is 10.2. The number of alkyl halides is 2. The van der Waals surface area contributed by atoms with Crippen LogP contribution in [0.25, 0.3) is 10.9 Å². The molecule has 5 rings (SSSR count). The maximum Gasteiger partial charge on any atom is 0.263 e. The number of nitrogens with one attached hydrogen (secondary N) is 2. The van der Waals surface area contributed by atoms with Crippen molar-refractivity contribution in [2.24, 2.45) is 0 Å². The monoisotopic (exact) mass is 491 g/mol. The Morgan fingerprint density at radius 3 is 2.42 bits per heavy atom. The normalized spacial score (nSPS) is 16.3. The molecule has 1 atom stereocenters. The summed E-state index contributed by atoms with van der Waals surface area (Å²) in [5, 5.41) is 7.64. The number of rotatable bonds is 7. The summed E-state index contributed by atoms with van der Waals surface area (Å²) in [7, 11) is 0. The molecule has 5 nitrogen and oxygen atoms in total. The summed E-state index contributed by atoms with van der Waals surface area (Å²) in [4.78, 5) is 12.2. The van der Waals surface area contributed by atoms with E-state index in [-0.39, 0.29) is 11.6 Å². The van der Waals surface area contributed by atoms with Crippen molar-refractivity contribution in [3.63, 3.8) is 0 Å². The Hall–Kier alpha value is -3.22. The molecule has 190 valence electrons. The second kappa shape index (κ2) is 10.0. The van der Waals surface area contributed by atoms with Gasteiger partial charge in [0.25, 0.3) is 6.43 Å². The zero-order chi connectivity index (χ0) is 25.4. The first-order valence-electron chi connectivity index (χ1n) is 13.0. The first kappa shape index (κ1) is 24.5. The number of aromatic nitrogens is 2. The molecule has 7 heteroatoms. The molecule has 0 amide bonds. The minimum absolute atomic E-state index is 0.0150. The summed E-state index contributed by atoms with van der Waals surface area (Å²) in [6, 6.07) is 6.97. The summed E-state index contributed by atoms with van der Waals surface area (Å²) >= 11 is 0. The Labute approximate surface area is 212 Å². The van der Waals surface area contributed by atoms with Gasteiger partial charge in [0.05, 0.1) is 11.6 Å². The Morgan fingerprint density at radius 2 is 1.69 bits per heavy atom.